The Bertz CT molecular complexity index is 954. The van der Waals surface area contributed by atoms with Gasteiger partial charge < -0.3 is 4.74 Å². The van der Waals surface area contributed by atoms with E-state index < -0.39 is 11.8 Å². The van der Waals surface area contributed by atoms with E-state index in [1.807, 2.05) is 30.3 Å². The number of anilines is 1. The molecule has 1 aliphatic rings. The highest BCUT2D eigenvalue weighted by molar-refractivity contribution is 14.1. The molecule has 138 valence electrons. The predicted octanol–water partition coefficient (Wildman–Crippen LogP) is 3.69. The lowest BCUT2D eigenvalue weighted by atomic mass is 10.1. The first-order valence-electron chi connectivity index (χ1n) is 8.28. The Kier molecular flexibility index (Phi) is 5.91. The van der Waals surface area contributed by atoms with Gasteiger partial charge in [0.1, 0.15) is 11.3 Å². The number of nitrogens with zero attached hydrogens (tertiary/aromatic N) is 1. The van der Waals surface area contributed by atoms with Gasteiger partial charge in [0.25, 0.3) is 11.8 Å². The summed E-state index contributed by atoms with van der Waals surface area (Å²) in [5.41, 5.74) is 2.54. The third-order valence-electron chi connectivity index (χ3n) is 4.19. The summed E-state index contributed by atoms with van der Waals surface area (Å²) in [5, 5.41) is 2.68. The SMILES string of the molecule is CCc1ccc(N2C(=O)C(=Cc3ccc(OC)c(I)c3)C(=O)NC2=S)cc1. The highest BCUT2D eigenvalue weighted by Gasteiger charge is 2.34. The zero-order valence-electron chi connectivity index (χ0n) is 14.8. The molecule has 0 bridgehead atoms. The molecule has 0 radical (unpaired) electrons. The van der Waals surface area contributed by atoms with Crippen LogP contribution in [0.25, 0.3) is 6.08 Å². The van der Waals surface area contributed by atoms with Gasteiger partial charge in [-0.3, -0.25) is 19.8 Å². The molecule has 1 aliphatic heterocycles. The van der Waals surface area contributed by atoms with E-state index in [1.165, 1.54) is 4.90 Å². The Morgan fingerprint density at radius 1 is 1.19 bits per heavy atom. The third-order valence-corrected chi connectivity index (χ3v) is 5.32. The van der Waals surface area contributed by atoms with Crippen LogP contribution in [0, 0.1) is 3.57 Å². The minimum absolute atomic E-state index is 0.0316. The second-order valence-corrected chi connectivity index (χ2v) is 7.42. The van der Waals surface area contributed by atoms with Crippen molar-refractivity contribution in [2.24, 2.45) is 0 Å². The molecule has 0 aromatic heterocycles. The van der Waals surface area contributed by atoms with E-state index in [0.29, 0.717) is 5.69 Å². The largest absolute Gasteiger partial charge is 0.496 e. The maximum Gasteiger partial charge on any atom is 0.270 e. The van der Waals surface area contributed by atoms with Gasteiger partial charge in [0, 0.05) is 0 Å². The smallest absolute Gasteiger partial charge is 0.270 e. The van der Waals surface area contributed by atoms with Gasteiger partial charge in [-0.2, -0.15) is 0 Å². The van der Waals surface area contributed by atoms with Crippen molar-refractivity contribution in [2.45, 2.75) is 13.3 Å². The number of nitrogens with one attached hydrogen (secondary N) is 1. The van der Waals surface area contributed by atoms with E-state index in [2.05, 4.69) is 34.8 Å². The number of hydrogen-bond acceptors (Lipinski definition) is 4. The van der Waals surface area contributed by atoms with Crippen LogP contribution in [0.4, 0.5) is 5.69 Å². The van der Waals surface area contributed by atoms with Gasteiger partial charge in [-0.25, -0.2) is 0 Å². The maximum absolute atomic E-state index is 13.0. The topological polar surface area (TPSA) is 58.6 Å². The third kappa shape index (κ3) is 4.03. The van der Waals surface area contributed by atoms with E-state index in [1.54, 1.807) is 25.3 Å². The van der Waals surface area contributed by atoms with Crippen LogP contribution < -0.4 is 15.0 Å². The molecule has 0 atom stereocenters. The molecule has 3 rings (SSSR count). The number of methoxy groups -OCH3 is 1. The molecule has 1 heterocycles. The van der Waals surface area contributed by atoms with Gasteiger partial charge >= 0.3 is 0 Å². The van der Waals surface area contributed by atoms with Crippen molar-refractivity contribution in [1.82, 2.24) is 5.32 Å². The molecule has 1 saturated heterocycles. The average Bonchev–Trinajstić information content (AvgIpc) is 2.65. The molecule has 0 saturated carbocycles. The van der Waals surface area contributed by atoms with Crippen LogP contribution in [0.2, 0.25) is 0 Å². The van der Waals surface area contributed by atoms with Crippen molar-refractivity contribution in [3.05, 3.63) is 62.7 Å². The predicted molar refractivity (Wildman–Crippen MR) is 118 cm³/mol. The van der Waals surface area contributed by atoms with Gasteiger partial charge in [-0.1, -0.05) is 25.1 Å². The zero-order chi connectivity index (χ0) is 19.6. The first-order valence-corrected chi connectivity index (χ1v) is 9.77. The Hall–Kier alpha value is -2.26. The fourth-order valence-electron chi connectivity index (χ4n) is 2.71. The first kappa shape index (κ1) is 19.5. The summed E-state index contributed by atoms with van der Waals surface area (Å²) in [6.45, 7) is 2.06. The molecule has 1 fully saturated rings. The monoisotopic (exact) mass is 492 g/mol. The van der Waals surface area contributed by atoms with E-state index in [-0.39, 0.29) is 10.7 Å². The molecule has 27 heavy (non-hydrogen) atoms. The van der Waals surface area contributed by atoms with Crippen LogP contribution >= 0.6 is 34.8 Å². The fourth-order valence-corrected chi connectivity index (χ4v) is 3.75. The normalized spacial score (nSPS) is 15.9. The van der Waals surface area contributed by atoms with E-state index in [4.69, 9.17) is 17.0 Å². The number of ether oxygens (including phenoxy) is 1. The van der Waals surface area contributed by atoms with Crippen molar-refractivity contribution in [1.29, 1.82) is 0 Å². The number of rotatable bonds is 4. The molecule has 0 unspecified atom stereocenters. The summed E-state index contributed by atoms with van der Waals surface area (Å²) < 4.78 is 6.13. The van der Waals surface area contributed by atoms with Gasteiger partial charge in [0.05, 0.1) is 16.4 Å². The standard InChI is InChI=1S/C20H17IN2O3S/c1-3-12-4-7-14(8-5-12)23-19(25)15(18(24)22-20(23)27)10-13-6-9-17(26-2)16(21)11-13/h4-11H,3H2,1-2H3,(H,22,24,27). The van der Waals surface area contributed by atoms with Crippen LogP contribution in [0.15, 0.2) is 48.0 Å². The summed E-state index contributed by atoms with van der Waals surface area (Å²) in [5.74, 6) is -0.216. The summed E-state index contributed by atoms with van der Waals surface area (Å²) in [4.78, 5) is 26.7. The quantitative estimate of drug-likeness (QED) is 0.306. The van der Waals surface area contributed by atoms with Crippen molar-refractivity contribution >= 4 is 63.5 Å². The maximum atomic E-state index is 13.0. The molecule has 0 spiro atoms. The van der Waals surface area contributed by atoms with Crippen LogP contribution in [0.1, 0.15) is 18.1 Å². The lowest BCUT2D eigenvalue weighted by molar-refractivity contribution is -0.122. The second kappa shape index (κ2) is 8.18. The zero-order valence-corrected chi connectivity index (χ0v) is 17.8. The summed E-state index contributed by atoms with van der Waals surface area (Å²) in [7, 11) is 1.59. The molecular formula is C20H17IN2O3S. The molecule has 0 aliphatic carbocycles. The Labute approximate surface area is 176 Å². The van der Waals surface area contributed by atoms with Crippen molar-refractivity contribution in [2.75, 3.05) is 12.0 Å². The highest BCUT2D eigenvalue weighted by atomic mass is 127. The van der Waals surface area contributed by atoms with Crippen molar-refractivity contribution in [3.63, 3.8) is 0 Å². The number of aryl methyl sites for hydroxylation is 1. The summed E-state index contributed by atoms with van der Waals surface area (Å²) >= 11 is 7.37. The Morgan fingerprint density at radius 2 is 1.89 bits per heavy atom. The Balaban J connectivity index is 1.97. The summed E-state index contributed by atoms with van der Waals surface area (Å²) in [6, 6.07) is 13.0. The van der Waals surface area contributed by atoms with E-state index >= 15 is 0 Å². The number of halogens is 1. The van der Waals surface area contributed by atoms with Crippen molar-refractivity contribution < 1.29 is 14.3 Å². The molecule has 5 nitrogen and oxygen atoms in total. The lowest BCUT2D eigenvalue weighted by Gasteiger charge is -2.29. The first-order chi connectivity index (χ1) is 12.9. The molecule has 2 amide bonds. The van der Waals surface area contributed by atoms with Gasteiger partial charge in [0.2, 0.25) is 0 Å². The minimum atomic E-state index is -0.503. The number of hydrogen-bond donors (Lipinski definition) is 1. The summed E-state index contributed by atoms with van der Waals surface area (Å²) in [6.07, 6.45) is 2.46. The average molecular weight is 492 g/mol. The van der Waals surface area contributed by atoms with Gasteiger partial charge in [-0.05, 0) is 82.7 Å². The lowest BCUT2D eigenvalue weighted by Crippen LogP contribution is -2.54. The van der Waals surface area contributed by atoms with E-state index in [9.17, 15) is 9.59 Å². The minimum Gasteiger partial charge on any atom is -0.496 e. The number of thiocarbonyl (C=S) groups is 1. The van der Waals surface area contributed by atoms with Gasteiger partial charge in [0.15, 0.2) is 5.11 Å². The van der Waals surface area contributed by atoms with Gasteiger partial charge in [-0.15, -0.1) is 0 Å². The molecule has 2 aromatic rings. The van der Waals surface area contributed by atoms with Crippen LogP contribution in [0.5, 0.6) is 5.75 Å². The molecule has 2 aromatic carbocycles. The molecular weight excluding hydrogens is 475 g/mol. The number of amides is 2. The highest BCUT2D eigenvalue weighted by Crippen LogP contribution is 2.25. The molecule has 1 N–H and O–H groups in total. The Morgan fingerprint density at radius 3 is 2.48 bits per heavy atom. The fraction of sp³-hybridized carbons (Fsp3) is 0.150. The number of carbonyl (C=O) groups excluding carboxylic acids is 2. The second-order valence-electron chi connectivity index (χ2n) is 5.87. The van der Waals surface area contributed by atoms with Crippen LogP contribution in [-0.2, 0) is 16.0 Å². The number of benzene rings is 2. The van der Waals surface area contributed by atoms with E-state index in [0.717, 1.165) is 26.9 Å². The molecule has 7 heteroatoms. The van der Waals surface area contributed by atoms with Crippen LogP contribution in [-0.4, -0.2) is 24.0 Å². The number of carbonyl (C=O) groups is 2. The van der Waals surface area contributed by atoms with Crippen molar-refractivity contribution in [3.8, 4) is 5.75 Å². The van der Waals surface area contributed by atoms with Crippen LogP contribution in [0.3, 0.4) is 0 Å².